The number of nitrogens with one attached hydrogen (secondary N) is 1. The summed E-state index contributed by atoms with van der Waals surface area (Å²) in [7, 11) is 0. The third-order valence-corrected chi connectivity index (χ3v) is 3.69. The van der Waals surface area contributed by atoms with Gasteiger partial charge in [-0.05, 0) is 30.7 Å². The smallest absolute Gasteiger partial charge is 0.0186 e. The summed E-state index contributed by atoms with van der Waals surface area (Å²) < 4.78 is 0. The number of rotatable bonds is 1. The van der Waals surface area contributed by atoms with Gasteiger partial charge in [0.05, 0.1) is 0 Å². The summed E-state index contributed by atoms with van der Waals surface area (Å²) in [5.74, 6) is 0.890. The van der Waals surface area contributed by atoms with Gasteiger partial charge in [0.1, 0.15) is 0 Å². The second-order valence-corrected chi connectivity index (χ2v) is 5.54. The zero-order valence-corrected chi connectivity index (χ0v) is 12.1. The summed E-state index contributed by atoms with van der Waals surface area (Å²) in [6.07, 6.45) is 2.67. The first-order chi connectivity index (χ1) is 5.54. The first-order valence-electron chi connectivity index (χ1n) is 4.83. The van der Waals surface area contributed by atoms with Crippen molar-refractivity contribution in [2.75, 3.05) is 11.9 Å². The second kappa shape index (κ2) is 5.72. The van der Waals surface area contributed by atoms with E-state index in [1.807, 2.05) is 0 Å². The van der Waals surface area contributed by atoms with Crippen molar-refractivity contribution in [3.05, 3.63) is 0 Å². The van der Waals surface area contributed by atoms with Crippen LogP contribution >= 0.6 is 32.9 Å². The van der Waals surface area contributed by atoms with E-state index < -0.39 is 0 Å². The fraction of sp³-hybridized carbons (Fsp3) is 1.00. The standard InChI is InChI=1S/C10H20BrN.BrH/c1-10(2,3)8-4-5-12-9(6-8)7-11;/h8-9,12H,4-7H2,1-3H3;1H/t8-,9+;/m1./s1. The highest BCUT2D eigenvalue weighted by Crippen LogP contribution is 2.34. The Labute approximate surface area is 101 Å². The number of hydrogen-bond acceptors (Lipinski definition) is 1. The molecule has 1 nitrogen and oxygen atoms in total. The molecule has 0 amide bonds. The van der Waals surface area contributed by atoms with Gasteiger partial charge in [-0.1, -0.05) is 36.7 Å². The molecule has 13 heavy (non-hydrogen) atoms. The van der Waals surface area contributed by atoms with Crippen molar-refractivity contribution in [1.82, 2.24) is 5.32 Å². The lowest BCUT2D eigenvalue weighted by Gasteiger charge is -2.37. The van der Waals surface area contributed by atoms with Crippen molar-refractivity contribution in [2.45, 2.75) is 39.7 Å². The Morgan fingerprint density at radius 2 is 2.00 bits per heavy atom. The molecule has 1 heterocycles. The van der Waals surface area contributed by atoms with Gasteiger partial charge in [-0.3, -0.25) is 0 Å². The first kappa shape index (κ1) is 13.9. The third-order valence-electron chi connectivity index (χ3n) is 2.91. The van der Waals surface area contributed by atoms with Crippen LogP contribution in [0.2, 0.25) is 0 Å². The van der Waals surface area contributed by atoms with E-state index in [1.165, 1.54) is 19.4 Å². The monoisotopic (exact) mass is 313 g/mol. The normalized spacial score (nSPS) is 29.5. The van der Waals surface area contributed by atoms with Crippen molar-refractivity contribution >= 4 is 32.9 Å². The summed E-state index contributed by atoms with van der Waals surface area (Å²) in [6, 6.07) is 0.697. The average Bonchev–Trinajstić information content (AvgIpc) is 2.03. The summed E-state index contributed by atoms with van der Waals surface area (Å²) in [5.41, 5.74) is 0.489. The topological polar surface area (TPSA) is 12.0 Å². The van der Waals surface area contributed by atoms with Crippen LogP contribution < -0.4 is 5.32 Å². The van der Waals surface area contributed by atoms with Gasteiger partial charge in [-0.15, -0.1) is 17.0 Å². The van der Waals surface area contributed by atoms with E-state index in [0.29, 0.717) is 11.5 Å². The SMILES string of the molecule is Br.CC(C)(C)[C@@H]1CCN[C@H](CBr)C1. The van der Waals surface area contributed by atoms with Gasteiger partial charge >= 0.3 is 0 Å². The lowest BCUT2D eigenvalue weighted by atomic mass is 9.74. The predicted molar refractivity (Wildman–Crippen MR) is 68.1 cm³/mol. The van der Waals surface area contributed by atoms with Crippen molar-refractivity contribution in [3.63, 3.8) is 0 Å². The van der Waals surface area contributed by atoms with Crippen molar-refractivity contribution in [3.8, 4) is 0 Å². The van der Waals surface area contributed by atoms with Gasteiger partial charge in [-0.2, -0.15) is 0 Å². The summed E-state index contributed by atoms with van der Waals surface area (Å²) in [4.78, 5) is 0. The Hall–Kier alpha value is 0.920. The van der Waals surface area contributed by atoms with Crippen LogP contribution in [0.4, 0.5) is 0 Å². The molecule has 0 unspecified atom stereocenters. The molecular formula is C10H21Br2N. The highest BCUT2D eigenvalue weighted by molar-refractivity contribution is 9.09. The Bertz CT molecular complexity index is 142. The zero-order chi connectivity index (χ0) is 9.19. The van der Waals surface area contributed by atoms with Crippen LogP contribution in [0.1, 0.15) is 33.6 Å². The molecule has 2 atom stereocenters. The Balaban J connectivity index is 0.00000144. The number of halogens is 2. The van der Waals surface area contributed by atoms with Crippen molar-refractivity contribution in [1.29, 1.82) is 0 Å². The molecule has 1 saturated heterocycles. The number of alkyl halides is 1. The van der Waals surface area contributed by atoms with Gasteiger partial charge in [0, 0.05) is 11.4 Å². The maximum absolute atomic E-state index is 3.54. The minimum atomic E-state index is 0. The summed E-state index contributed by atoms with van der Waals surface area (Å²) >= 11 is 3.54. The zero-order valence-electron chi connectivity index (χ0n) is 8.77. The first-order valence-corrected chi connectivity index (χ1v) is 5.95. The van der Waals surface area contributed by atoms with Gasteiger partial charge in [0.15, 0.2) is 0 Å². The van der Waals surface area contributed by atoms with Crippen LogP contribution in [0.5, 0.6) is 0 Å². The Morgan fingerprint density at radius 1 is 1.38 bits per heavy atom. The quantitative estimate of drug-likeness (QED) is 0.732. The average molecular weight is 315 g/mol. The van der Waals surface area contributed by atoms with E-state index in [0.717, 1.165) is 11.2 Å². The largest absolute Gasteiger partial charge is 0.313 e. The number of piperidine rings is 1. The van der Waals surface area contributed by atoms with Crippen LogP contribution in [0, 0.1) is 11.3 Å². The Morgan fingerprint density at radius 3 is 2.46 bits per heavy atom. The van der Waals surface area contributed by atoms with Crippen LogP contribution in [0.25, 0.3) is 0 Å². The lowest BCUT2D eigenvalue weighted by Crippen LogP contribution is -2.42. The van der Waals surface area contributed by atoms with Gasteiger partial charge in [0.2, 0.25) is 0 Å². The molecular weight excluding hydrogens is 294 g/mol. The van der Waals surface area contributed by atoms with Crippen LogP contribution in [-0.4, -0.2) is 17.9 Å². The summed E-state index contributed by atoms with van der Waals surface area (Å²) in [5, 5.41) is 4.62. The minimum absolute atomic E-state index is 0. The number of hydrogen-bond donors (Lipinski definition) is 1. The van der Waals surface area contributed by atoms with Gasteiger partial charge in [-0.25, -0.2) is 0 Å². The molecule has 0 aromatic heterocycles. The van der Waals surface area contributed by atoms with E-state index in [2.05, 4.69) is 42.0 Å². The van der Waals surface area contributed by atoms with E-state index in [-0.39, 0.29) is 17.0 Å². The second-order valence-electron chi connectivity index (χ2n) is 4.89. The predicted octanol–water partition coefficient (Wildman–Crippen LogP) is 3.37. The van der Waals surface area contributed by atoms with E-state index in [1.54, 1.807) is 0 Å². The maximum Gasteiger partial charge on any atom is 0.0186 e. The molecule has 1 fully saturated rings. The maximum atomic E-state index is 3.54. The minimum Gasteiger partial charge on any atom is -0.313 e. The van der Waals surface area contributed by atoms with E-state index in [9.17, 15) is 0 Å². The molecule has 0 radical (unpaired) electrons. The van der Waals surface area contributed by atoms with Gasteiger partial charge in [0.25, 0.3) is 0 Å². The highest BCUT2D eigenvalue weighted by Gasteiger charge is 2.29. The van der Waals surface area contributed by atoms with Crippen molar-refractivity contribution in [2.24, 2.45) is 11.3 Å². The molecule has 0 aliphatic carbocycles. The molecule has 0 aromatic rings. The van der Waals surface area contributed by atoms with Crippen LogP contribution in [0.3, 0.4) is 0 Å². The lowest BCUT2D eigenvalue weighted by molar-refractivity contribution is 0.167. The van der Waals surface area contributed by atoms with E-state index in [4.69, 9.17) is 0 Å². The molecule has 3 heteroatoms. The van der Waals surface area contributed by atoms with E-state index >= 15 is 0 Å². The molecule has 1 aliphatic heterocycles. The molecule has 0 aromatic carbocycles. The molecule has 80 valence electrons. The highest BCUT2D eigenvalue weighted by atomic mass is 79.9. The fourth-order valence-corrected chi connectivity index (χ4v) is 2.40. The molecule has 0 spiro atoms. The molecule has 1 rings (SSSR count). The Kier molecular flexibility index (Phi) is 6.12. The molecule has 1 aliphatic rings. The fourth-order valence-electron chi connectivity index (χ4n) is 1.91. The van der Waals surface area contributed by atoms with Crippen molar-refractivity contribution < 1.29 is 0 Å². The van der Waals surface area contributed by atoms with Crippen LogP contribution in [-0.2, 0) is 0 Å². The van der Waals surface area contributed by atoms with Crippen LogP contribution in [0.15, 0.2) is 0 Å². The molecule has 1 N–H and O–H groups in total. The third kappa shape index (κ3) is 4.30. The molecule has 0 saturated carbocycles. The summed E-state index contributed by atoms with van der Waals surface area (Å²) in [6.45, 7) is 8.26. The van der Waals surface area contributed by atoms with Gasteiger partial charge < -0.3 is 5.32 Å². The molecule has 0 bridgehead atoms.